The Morgan fingerprint density at radius 1 is 1.18 bits per heavy atom. The minimum Gasteiger partial charge on any atom is -0.468 e. The molecule has 0 heterocycles. The maximum absolute atomic E-state index is 13.3. The molecule has 0 saturated heterocycles. The highest BCUT2D eigenvalue weighted by molar-refractivity contribution is 6.07. The van der Waals surface area contributed by atoms with E-state index in [9.17, 15) is 9.59 Å². The van der Waals surface area contributed by atoms with Gasteiger partial charge in [-0.15, -0.1) is 0 Å². The number of carbonyl (C=O) groups excluding carboxylic acids is 2. The predicted molar refractivity (Wildman–Crippen MR) is 82.3 cm³/mol. The lowest BCUT2D eigenvalue weighted by Gasteiger charge is -2.59. The Bertz CT molecular complexity index is 623. The molecule has 1 aromatic rings. The number of hydrogen-bond donors (Lipinski definition) is 0. The molecule has 0 radical (unpaired) electrons. The number of fused-ring (bicyclic) bond motifs is 1. The minimum atomic E-state index is -0.854. The fourth-order valence-electron chi connectivity index (χ4n) is 5.48. The van der Waals surface area contributed by atoms with Gasteiger partial charge in [0.2, 0.25) is 0 Å². The van der Waals surface area contributed by atoms with Gasteiger partial charge >= 0.3 is 5.97 Å². The van der Waals surface area contributed by atoms with Crippen molar-refractivity contribution in [2.24, 2.45) is 17.3 Å². The van der Waals surface area contributed by atoms with Crippen LogP contribution in [0.2, 0.25) is 0 Å². The van der Waals surface area contributed by atoms with E-state index in [-0.39, 0.29) is 23.1 Å². The molecule has 3 aliphatic carbocycles. The van der Waals surface area contributed by atoms with E-state index in [4.69, 9.17) is 4.74 Å². The lowest BCUT2D eigenvalue weighted by molar-refractivity contribution is -0.170. The van der Waals surface area contributed by atoms with E-state index in [1.54, 1.807) is 0 Å². The fraction of sp³-hybridized carbons (Fsp3) is 0.579. The summed E-state index contributed by atoms with van der Waals surface area (Å²) in [5, 5.41) is 0. The number of esters is 1. The molecule has 0 amide bonds. The van der Waals surface area contributed by atoms with Crippen LogP contribution in [0, 0.1) is 17.3 Å². The summed E-state index contributed by atoms with van der Waals surface area (Å²) in [5.41, 5.74) is 0.405. The van der Waals surface area contributed by atoms with Crippen molar-refractivity contribution in [2.45, 2.75) is 43.9 Å². The predicted octanol–water partition coefficient (Wildman–Crippen LogP) is 3.27. The highest BCUT2D eigenvalue weighted by Gasteiger charge is 2.67. The first-order valence-corrected chi connectivity index (χ1v) is 8.32. The second kappa shape index (κ2) is 4.68. The van der Waals surface area contributed by atoms with Crippen molar-refractivity contribution >= 4 is 11.8 Å². The summed E-state index contributed by atoms with van der Waals surface area (Å²) >= 11 is 0. The first-order valence-electron chi connectivity index (χ1n) is 8.32. The van der Waals surface area contributed by atoms with E-state index in [1.807, 2.05) is 6.07 Å². The highest BCUT2D eigenvalue weighted by Crippen LogP contribution is 2.65. The molecule has 2 bridgehead atoms. The van der Waals surface area contributed by atoms with Crippen molar-refractivity contribution in [2.75, 3.05) is 7.11 Å². The second-order valence-corrected chi connectivity index (χ2v) is 7.29. The highest BCUT2D eigenvalue weighted by atomic mass is 16.5. The molecule has 0 spiro atoms. The molecular weight excluding hydrogens is 276 g/mol. The zero-order valence-electron chi connectivity index (χ0n) is 13.0. The van der Waals surface area contributed by atoms with Crippen LogP contribution >= 0.6 is 0 Å². The molecule has 3 saturated carbocycles. The van der Waals surface area contributed by atoms with Crippen molar-refractivity contribution in [1.82, 2.24) is 0 Å². The fourth-order valence-corrected chi connectivity index (χ4v) is 5.48. The quantitative estimate of drug-likeness (QED) is 0.622. The molecule has 3 aliphatic rings. The maximum Gasteiger partial charge on any atom is 0.319 e. The number of hydrogen-bond acceptors (Lipinski definition) is 3. The van der Waals surface area contributed by atoms with Gasteiger partial charge < -0.3 is 4.74 Å². The number of rotatable bonds is 2. The monoisotopic (exact) mass is 298 g/mol. The van der Waals surface area contributed by atoms with Crippen LogP contribution in [0.25, 0.3) is 0 Å². The maximum atomic E-state index is 13.3. The van der Waals surface area contributed by atoms with Crippen molar-refractivity contribution < 1.29 is 14.3 Å². The van der Waals surface area contributed by atoms with Gasteiger partial charge in [-0.2, -0.15) is 0 Å². The molecule has 4 atom stereocenters. The normalized spacial score (nSPS) is 39.6. The van der Waals surface area contributed by atoms with Crippen LogP contribution in [0.4, 0.5) is 0 Å². The van der Waals surface area contributed by atoms with Gasteiger partial charge in [0.1, 0.15) is 5.41 Å². The third-order valence-electron chi connectivity index (χ3n) is 6.55. The Labute approximate surface area is 131 Å². The largest absolute Gasteiger partial charge is 0.468 e. The van der Waals surface area contributed by atoms with Crippen LogP contribution in [0.5, 0.6) is 0 Å². The number of ether oxygens (including phenoxy) is 1. The van der Waals surface area contributed by atoms with Gasteiger partial charge in [0.15, 0.2) is 5.78 Å². The Morgan fingerprint density at radius 3 is 2.68 bits per heavy atom. The van der Waals surface area contributed by atoms with Crippen molar-refractivity contribution in [1.29, 1.82) is 0 Å². The van der Waals surface area contributed by atoms with Crippen LogP contribution in [-0.4, -0.2) is 18.9 Å². The number of ketones is 1. The number of Topliss-reactive ketones (excluding diaryl/α,β-unsaturated/α-hetero) is 1. The van der Waals surface area contributed by atoms with E-state index in [0.29, 0.717) is 18.8 Å². The molecule has 3 nitrogen and oxygen atoms in total. The second-order valence-electron chi connectivity index (χ2n) is 7.29. The summed E-state index contributed by atoms with van der Waals surface area (Å²) in [5.74, 6) is 0.347. The van der Waals surface area contributed by atoms with Gasteiger partial charge in [-0.25, -0.2) is 0 Å². The first-order chi connectivity index (χ1) is 10.6. The van der Waals surface area contributed by atoms with Crippen LogP contribution in [0.1, 0.15) is 44.1 Å². The summed E-state index contributed by atoms with van der Waals surface area (Å²) in [4.78, 5) is 25.7. The summed E-state index contributed by atoms with van der Waals surface area (Å²) in [7, 11) is 1.41. The average Bonchev–Trinajstić information content (AvgIpc) is 2.61. The van der Waals surface area contributed by atoms with E-state index in [1.165, 1.54) is 12.7 Å². The van der Waals surface area contributed by atoms with Gasteiger partial charge in [-0.3, -0.25) is 9.59 Å². The Balaban J connectivity index is 1.78. The molecule has 3 heteroatoms. The molecule has 22 heavy (non-hydrogen) atoms. The summed E-state index contributed by atoms with van der Waals surface area (Å²) in [6.45, 7) is 0. The third-order valence-corrected chi connectivity index (χ3v) is 6.55. The average molecular weight is 298 g/mol. The zero-order chi connectivity index (χ0) is 15.4. The number of benzene rings is 1. The van der Waals surface area contributed by atoms with Crippen LogP contribution < -0.4 is 0 Å². The molecule has 0 N–H and O–H groups in total. The Kier molecular flexibility index (Phi) is 2.97. The topological polar surface area (TPSA) is 43.4 Å². The molecule has 0 aliphatic heterocycles. The van der Waals surface area contributed by atoms with Gasteiger partial charge in [0.05, 0.1) is 7.11 Å². The smallest absolute Gasteiger partial charge is 0.319 e. The molecule has 4 rings (SSSR count). The van der Waals surface area contributed by atoms with Crippen molar-refractivity contribution in [3.63, 3.8) is 0 Å². The Hall–Kier alpha value is -1.64. The summed E-state index contributed by atoms with van der Waals surface area (Å²) in [6.07, 6.45) is 5.40. The van der Waals surface area contributed by atoms with E-state index in [2.05, 4.69) is 24.3 Å². The lowest BCUT2D eigenvalue weighted by Crippen LogP contribution is -2.62. The zero-order valence-corrected chi connectivity index (χ0v) is 13.0. The van der Waals surface area contributed by atoms with E-state index >= 15 is 0 Å². The molecule has 1 aromatic carbocycles. The lowest BCUT2D eigenvalue weighted by atomic mass is 9.42. The summed E-state index contributed by atoms with van der Waals surface area (Å²) < 4.78 is 5.02. The standard InChI is InChI=1S/C19H22O3/c1-22-17(21)18-9-5-6-13-12-19(11-10-18,15(13)16(18)20)14-7-3-2-4-8-14/h2-4,7-8,13,15H,5-6,9-12H2,1H3/t13-,15+,18-,19+/m0/s1. The van der Waals surface area contributed by atoms with E-state index in [0.717, 1.165) is 25.7 Å². The molecule has 0 aromatic heterocycles. The van der Waals surface area contributed by atoms with Crippen molar-refractivity contribution in [3.8, 4) is 0 Å². The minimum absolute atomic E-state index is 0.0187. The molecule has 116 valence electrons. The number of methoxy groups -OCH3 is 1. The van der Waals surface area contributed by atoms with E-state index < -0.39 is 5.41 Å². The Morgan fingerprint density at radius 2 is 1.95 bits per heavy atom. The van der Waals surface area contributed by atoms with Gasteiger partial charge in [-0.1, -0.05) is 36.8 Å². The SMILES string of the molecule is COC(=O)[C@@]12CCC[C@H]3C[C@@](c4ccccc4)(CC1)[C@H]3C2=O. The molecule has 0 unspecified atom stereocenters. The molecule has 3 fully saturated rings. The third kappa shape index (κ3) is 1.57. The van der Waals surface area contributed by atoms with Gasteiger partial charge in [0.25, 0.3) is 0 Å². The van der Waals surface area contributed by atoms with Crippen LogP contribution in [-0.2, 0) is 19.7 Å². The van der Waals surface area contributed by atoms with Gasteiger partial charge in [-0.05, 0) is 43.6 Å². The first kappa shape index (κ1) is 14.0. The molecular formula is C19H22O3. The van der Waals surface area contributed by atoms with Crippen LogP contribution in [0.3, 0.4) is 0 Å². The number of carbonyl (C=O) groups is 2. The van der Waals surface area contributed by atoms with Crippen molar-refractivity contribution in [3.05, 3.63) is 35.9 Å². The van der Waals surface area contributed by atoms with Crippen LogP contribution in [0.15, 0.2) is 30.3 Å². The van der Waals surface area contributed by atoms with Gasteiger partial charge in [0, 0.05) is 11.3 Å². The summed E-state index contributed by atoms with van der Waals surface area (Å²) in [6, 6.07) is 10.4.